The van der Waals surface area contributed by atoms with Crippen LogP contribution in [0.1, 0.15) is 12.0 Å². The lowest BCUT2D eigenvalue weighted by atomic mass is 10.1. The van der Waals surface area contributed by atoms with E-state index in [1.54, 1.807) is 12.1 Å². The van der Waals surface area contributed by atoms with Crippen molar-refractivity contribution in [3.8, 4) is 0 Å². The van der Waals surface area contributed by atoms with Crippen LogP contribution in [-0.2, 0) is 16.0 Å². The summed E-state index contributed by atoms with van der Waals surface area (Å²) in [5, 5.41) is 2.77. The van der Waals surface area contributed by atoms with Gasteiger partial charge < -0.3 is 15.0 Å². The summed E-state index contributed by atoms with van der Waals surface area (Å²) in [5.41, 5.74) is 2.93. The third-order valence-corrected chi connectivity index (χ3v) is 4.08. The van der Waals surface area contributed by atoms with Crippen LogP contribution in [0.5, 0.6) is 0 Å². The van der Waals surface area contributed by atoms with E-state index in [0.29, 0.717) is 18.5 Å². The van der Waals surface area contributed by atoms with Gasteiger partial charge in [-0.2, -0.15) is 0 Å². The number of rotatable bonds is 5. The van der Waals surface area contributed by atoms with Crippen molar-refractivity contribution in [1.29, 1.82) is 0 Å². The molecule has 0 radical (unpaired) electrons. The van der Waals surface area contributed by atoms with Crippen molar-refractivity contribution < 1.29 is 13.9 Å². The van der Waals surface area contributed by atoms with E-state index in [-0.39, 0.29) is 11.7 Å². The minimum atomic E-state index is -0.312. The second-order valence-electron chi connectivity index (χ2n) is 5.82. The summed E-state index contributed by atoms with van der Waals surface area (Å²) < 4.78 is 18.2. The lowest BCUT2D eigenvalue weighted by molar-refractivity contribution is -0.116. The van der Waals surface area contributed by atoms with Gasteiger partial charge in [0.1, 0.15) is 5.82 Å². The van der Waals surface area contributed by atoms with Crippen LogP contribution in [0.15, 0.2) is 48.5 Å². The predicted octanol–water partition coefficient (Wildman–Crippen LogP) is 3.23. The maximum absolute atomic E-state index is 12.8. The Morgan fingerprint density at radius 3 is 2.38 bits per heavy atom. The molecule has 2 aromatic carbocycles. The molecule has 24 heavy (non-hydrogen) atoms. The average molecular weight is 328 g/mol. The number of morpholine rings is 1. The van der Waals surface area contributed by atoms with Crippen molar-refractivity contribution >= 4 is 17.3 Å². The summed E-state index contributed by atoms with van der Waals surface area (Å²) in [4.78, 5) is 14.3. The molecule has 1 aliphatic rings. The zero-order valence-corrected chi connectivity index (χ0v) is 13.5. The zero-order chi connectivity index (χ0) is 16.8. The highest BCUT2D eigenvalue weighted by Crippen LogP contribution is 2.17. The van der Waals surface area contributed by atoms with Gasteiger partial charge in [-0.05, 0) is 48.4 Å². The van der Waals surface area contributed by atoms with Crippen molar-refractivity contribution in [3.05, 3.63) is 59.9 Å². The van der Waals surface area contributed by atoms with Crippen molar-refractivity contribution in [1.82, 2.24) is 0 Å². The molecule has 0 saturated carbocycles. The highest BCUT2D eigenvalue weighted by atomic mass is 19.1. The fourth-order valence-electron chi connectivity index (χ4n) is 2.71. The van der Waals surface area contributed by atoms with E-state index < -0.39 is 0 Å². The second-order valence-corrected chi connectivity index (χ2v) is 5.82. The number of amides is 1. The van der Waals surface area contributed by atoms with Gasteiger partial charge >= 0.3 is 0 Å². The van der Waals surface area contributed by atoms with Crippen molar-refractivity contribution in [2.75, 3.05) is 36.5 Å². The summed E-state index contributed by atoms with van der Waals surface area (Å²) >= 11 is 0. The molecule has 0 aromatic heterocycles. The van der Waals surface area contributed by atoms with Crippen LogP contribution in [-0.4, -0.2) is 32.2 Å². The lowest BCUT2D eigenvalue weighted by Crippen LogP contribution is -2.36. The van der Waals surface area contributed by atoms with E-state index >= 15 is 0 Å². The SMILES string of the molecule is O=C(CCc1ccc(N2CCOCC2)cc1)Nc1ccc(F)cc1. The van der Waals surface area contributed by atoms with Crippen LogP contribution in [0.25, 0.3) is 0 Å². The van der Waals surface area contributed by atoms with Gasteiger partial charge in [-0.25, -0.2) is 4.39 Å². The van der Waals surface area contributed by atoms with Crippen LogP contribution >= 0.6 is 0 Å². The number of benzene rings is 2. The number of hydrogen-bond acceptors (Lipinski definition) is 3. The summed E-state index contributed by atoms with van der Waals surface area (Å²) in [7, 11) is 0. The fourth-order valence-corrected chi connectivity index (χ4v) is 2.71. The normalized spacial score (nSPS) is 14.5. The Bertz CT molecular complexity index is 665. The maximum atomic E-state index is 12.8. The molecular weight excluding hydrogens is 307 g/mol. The van der Waals surface area contributed by atoms with E-state index in [9.17, 15) is 9.18 Å². The van der Waals surface area contributed by atoms with Gasteiger partial charge in [0.25, 0.3) is 0 Å². The number of nitrogens with zero attached hydrogens (tertiary/aromatic N) is 1. The van der Waals surface area contributed by atoms with E-state index in [2.05, 4.69) is 34.5 Å². The Morgan fingerprint density at radius 1 is 1.04 bits per heavy atom. The average Bonchev–Trinajstić information content (AvgIpc) is 2.63. The number of hydrogen-bond donors (Lipinski definition) is 1. The maximum Gasteiger partial charge on any atom is 0.224 e. The smallest absolute Gasteiger partial charge is 0.224 e. The molecule has 3 rings (SSSR count). The third-order valence-electron chi connectivity index (χ3n) is 4.08. The highest BCUT2D eigenvalue weighted by molar-refractivity contribution is 5.90. The van der Waals surface area contributed by atoms with E-state index in [4.69, 9.17) is 4.74 Å². The monoisotopic (exact) mass is 328 g/mol. The molecule has 5 heteroatoms. The topological polar surface area (TPSA) is 41.6 Å². The molecule has 1 N–H and O–H groups in total. The van der Waals surface area contributed by atoms with Crippen molar-refractivity contribution in [2.45, 2.75) is 12.8 Å². The standard InChI is InChI=1S/C19H21FN2O2/c20-16-4-6-17(7-5-16)21-19(23)10-3-15-1-8-18(9-2-15)22-11-13-24-14-12-22/h1-2,4-9H,3,10-14H2,(H,21,23). The molecule has 2 aromatic rings. The van der Waals surface area contributed by atoms with Gasteiger partial charge in [0.2, 0.25) is 5.91 Å². The minimum Gasteiger partial charge on any atom is -0.378 e. The first-order valence-electron chi connectivity index (χ1n) is 8.18. The first kappa shape index (κ1) is 16.5. The Morgan fingerprint density at radius 2 is 1.71 bits per heavy atom. The van der Waals surface area contributed by atoms with Crippen LogP contribution in [0, 0.1) is 5.82 Å². The molecule has 1 aliphatic heterocycles. The van der Waals surface area contributed by atoms with Gasteiger partial charge in [-0.1, -0.05) is 12.1 Å². The Labute approximate surface area is 141 Å². The van der Waals surface area contributed by atoms with Gasteiger partial charge in [-0.15, -0.1) is 0 Å². The van der Waals surface area contributed by atoms with E-state index in [1.807, 2.05) is 0 Å². The summed E-state index contributed by atoms with van der Waals surface area (Å²) in [5.74, 6) is -0.382. The Hall–Kier alpha value is -2.40. The molecule has 1 amide bonds. The first-order chi connectivity index (χ1) is 11.7. The predicted molar refractivity (Wildman–Crippen MR) is 92.8 cm³/mol. The largest absolute Gasteiger partial charge is 0.378 e. The van der Waals surface area contributed by atoms with Gasteiger partial charge in [0, 0.05) is 30.9 Å². The molecule has 0 unspecified atom stereocenters. The third kappa shape index (κ3) is 4.55. The summed E-state index contributed by atoms with van der Waals surface area (Å²) in [6.07, 6.45) is 1.07. The number of carbonyl (C=O) groups is 1. The molecule has 1 saturated heterocycles. The minimum absolute atomic E-state index is 0.0705. The Balaban J connectivity index is 1.49. The number of carbonyl (C=O) groups excluding carboxylic acids is 1. The van der Waals surface area contributed by atoms with Crippen LogP contribution in [0.2, 0.25) is 0 Å². The quantitative estimate of drug-likeness (QED) is 0.916. The van der Waals surface area contributed by atoms with Gasteiger partial charge in [0.15, 0.2) is 0 Å². The van der Waals surface area contributed by atoms with Crippen molar-refractivity contribution in [3.63, 3.8) is 0 Å². The molecule has 0 atom stereocenters. The number of nitrogens with one attached hydrogen (secondary N) is 1. The molecule has 4 nitrogen and oxygen atoms in total. The van der Waals surface area contributed by atoms with Crippen LogP contribution in [0.3, 0.4) is 0 Å². The Kier molecular flexibility index (Phi) is 5.43. The molecule has 126 valence electrons. The second kappa shape index (κ2) is 7.93. The first-order valence-corrected chi connectivity index (χ1v) is 8.18. The zero-order valence-electron chi connectivity index (χ0n) is 13.5. The fraction of sp³-hybridized carbons (Fsp3) is 0.316. The van der Waals surface area contributed by atoms with E-state index in [1.165, 1.54) is 17.8 Å². The number of aryl methyl sites for hydroxylation is 1. The van der Waals surface area contributed by atoms with Crippen molar-refractivity contribution in [2.24, 2.45) is 0 Å². The molecular formula is C19H21FN2O2. The summed E-state index contributed by atoms with van der Waals surface area (Å²) in [6.45, 7) is 3.37. The van der Waals surface area contributed by atoms with Gasteiger partial charge in [0.05, 0.1) is 13.2 Å². The molecule has 0 bridgehead atoms. The molecule has 1 heterocycles. The number of anilines is 2. The van der Waals surface area contributed by atoms with Crippen LogP contribution < -0.4 is 10.2 Å². The van der Waals surface area contributed by atoms with Crippen LogP contribution in [0.4, 0.5) is 15.8 Å². The number of ether oxygens (including phenoxy) is 1. The van der Waals surface area contributed by atoms with E-state index in [0.717, 1.165) is 31.9 Å². The van der Waals surface area contributed by atoms with Gasteiger partial charge in [-0.3, -0.25) is 4.79 Å². The highest BCUT2D eigenvalue weighted by Gasteiger charge is 2.11. The number of halogens is 1. The summed E-state index contributed by atoms with van der Waals surface area (Å²) in [6, 6.07) is 14.1. The molecule has 0 aliphatic carbocycles. The lowest BCUT2D eigenvalue weighted by Gasteiger charge is -2.28. The molecule has 0 spiro atoms. The molecule has 1 fully saturated rings.